The van der Waals surface area contributed by atoms with E-state index < -0.39 is 23.2 Å². The van der Waals surface area contributed by atoms with Gasteiger partial charge < -0.3 is 15.3 Å². The molecule has 0 aliphatic heterocycles. The molecule has 0 heterocycles. The molecule has 0 saturated heterocycles. The molecule has 3 rings (SSSR count). The molecule has 3 aliphatic carbocycles. The first kappa shape index (κ1) is 17.4. The molecule has 7 atom stereocenters. The summed E-state index contributed by atoms with van der Waals surface area (Å²) in [5, 5.41) is 33.4. The molecular formula is C20H34O3. The Morgan fingerprint density at radius 2 is 1.65 bits per heavy atom. The molecule has 3 fully saturated rings. The lowest BCUT2D eigenvalue weighted by atomic mass is 9.41. The highest BCUT2D eigenvalue weighted by Gasteiger charge is 2.68. The highest BCUT2D eigenvalue weighted by atomic mass is 16.4. The molecule has 0 aromatic carbocycles. The van der Waals surface area contributed by atoms with E-state index in [1.54, 1.807) is 6.08 Å². The lowest BCUT2D eigenvalue weighted by Crippen LogP contribution is -2.72. The van der Waals surface area contributed by atoms with Gasteiger partial charge in [-0.05, 0) is 54.8 Å². The van der Waals surface area contributed by atoms with E-state index in [2.05, 4.69) is 27.4 Å². The molecule has 0 spiro atoms. The predicted molar refractivity (Wildman–Crippen MR) is 91.8 cm³/mol. The summed E-state index contributed by atoms with van der Waals surface area (Å²) in [6.45, 7) is 12.7. The zero-order valence-electron chi connectivity index (χ0n) is 15.2. The predicted octanol–water partition coefficient (Wildman–Crippen LogP) is 3.28. The number of aliphatic hydroxyl groups excluding tert-OH is 2. The zero-order valence-corrected chi connectivity index (χ0v) is 15.2. The highest BCUT2D eigenvalue weighted by molar-refractivity contribution is 5.20. The van der Waals surface area contributed by atoms with E-state index in [4.69, 9.17) is 0 Å². The van der Waals surface area contributed by atoms with E-state index in [1.165, 1.54) is 6.42 Å². The van der Waals surface area contributed by atoms with Crippen LogP contribution in [-0.2, 0) is 0 Å². The summed E-state index contributed by atoms with van der Waals surface area (Å²) in [5.74, 6) is 0.343. The van der Waals surface area contributed by atoms with Crippen LogP contribution in [-0.4, -0.2) is 33.1 Å². The van der Waals surface area contributed by atoms with Crippen molar-refractivity contribution in [1.29, 1.82) is 0 Å². The van der Waals surface area contributed by atoms with Crippen molar-refractivity contribution in [3.8, 4) is 0 Å². The first-order chi connectivity index (χ1) is 10.5. The van der Waals surface area contributed by atoms with E-state index in [0.717, 1.165) is 25.7 Å². The van der Waals surface area contributed by atoms with Crippen LogP contribution in [0.5, 0.6) is 0 Å². The normalized spacial score (nSPS) is 55.6. The Bertz CT molecular complexity index is 501. The van der Waals surface area contributed by atoms with Gasteiger partial charge in [0.25, 0.3) is 0 Å². The number of aliphatic hydroxyl groups is 3. The summed E-state index contributed by atoms with van der Waals surface area (Å²) in [6, 6.07) is 0. The lowest BCUT2D eigenvalue weighted by Gasteiger charge is -2.67. The van der Waals surface area contributed by atoms with Crippen LogP contribution in [0.3, 0.4) is 0 Å². The monoisotopic (exact) mass is 322 g/mol. The number of fused-ring (bicyclic) bond motifs is 3. The standard InChI is InChI=1S/C20H34O3/c1-6-18(4)11-8-13-19(5)10-7-9-17(2,3)14(19)12-15(21)20(13,23)16(18)22/h6,13-16,21-23H,1,7-12H2,2-5H3/t13-,14+,15+,16-,18+,19-,20-/m1/s1. The van der Waals surface area contributed by atoms with Gasteiger partial charge in [-0.1, -0.05) is 40.2 Å². The Morgan fingerprint density at radius 1 is 1.00 bits per heavy atom. The second kappa shape index (κ2) is 5.06. The SMILES string of the molecule is C=C[C@@]1(C)CC[C@@H]2[C@@]3(C)CCCC(C)(C)[C@@H]3C[C@H](O)[C@@]2(O)[C@@H]1O. The highest BCUT2D eigenvalue weighted by Crippen LogP contribution is 2.66. The van der Waals surface area contributed by atoms with Crippen LogP contribution >= 0.6 is 0 Å². The van der Waals surface area contributed by atoms with E-state index in [9.17, 15) is 15.3 Å². The van der Waals surface area contributed by atoms with Crippen molar-refractivity contribution in [3.63, 3.8) is 0 Å². The quantitative estimate of drug-likeness (QED) is 0.649. The van der Waals surface area contributed by atoms with Crippen molar-refractivity contribution in [1.82, 2.24) is 0 Å². The van der Waals surface area contributed by atoms with Crippen molar-refractivity contribution in [2.24, 2.45) is 28.1 Å². The van der Waals surface area contributed by atoms with Gasteiger partial charge in [-0.25, -0.2) is 0 Å². The topological polar surface area (TPSA) is 60.7 Å². The summed E-state index contributed by atoms with van der Waals surface area (Å²) in [6.07, 6.45) is 5.62. The van der Waals surface area contributed by atoms with Gasteiger partial charge in [0.15, 0.2) is 0 Å². The van der Waals surface area contributed by atoms with Crippen LogP contribution in [0.1, 0.15) is 66.2 Å². The van der Waals surface area contributed by atoms with E-state index in [0.29, 0.717) is 12.3 Å². The Kier molecular flexibility index (Phi) is 3.84. The van der Waals surface area contributed by atoms with Crippen molar-refractivity contribution in [3.05, 3.63) is 12.7 Å². The first-order valence-corrected chi connectivity index (χ1v) is 9.24. The average molecular weight is 322 g/mol. The van der Waals surface area contributed by atoms with Crippen LogP contribution in [0.2, 0.25) is 0 Å². The fourth-order valence-corrected chi connectivity index (χ4v) is 6.61. The summed E-state index contributed by atoms with van der Waals surface area (Å²) < 4.78 is 0. The average Bonchev–Trinajstić information content (AvgIpc) is 2.47. The molecule has 0 unspecified atom stereocenters. The molecule has 3 saturated carbocycles. The molecule has 132 valence electrons. The molecule has 3 heteroatoms. The summed E-state index contributed by atoms with van der Waals surface area (Å²) in [5.41, 5.74) is -1.78. The third-order valence-corrected chi connectivity index (χ3v) is 8.12. The Hall–Kier alpha value is -0.380. The van der Waals surface area contributed by atoms with E-state index >= 15 is 0 Å². The van der Waals surface area contributed by atoms with Gasteiger partial charge in [-0.3, -0.25) is 0 Å². The molecule has 0 bridgehead atoms. The Morgan fingerprint density at radius 3 is 2.26 bits per heavy atom. The minimum absolute atomic E-state index is 0.0147. The largest absolute Gasteiger partial charge is 0.390 e. The van der Waals surface area contributed by atoms with Crippen molar-refractivity contribution >= 4 is 0 Å². The maximum atomic E-state index is 11.5. The van der Waals surface area contributed by atoms with Gasteiger partial charge in [0, 0.05) is 5.41 Å². The molecule has 0 aromatic heterocycles. The minimum Gasteiger partial charge on any atom is -0.390 e. The van der Waals surface area contributed by atoms with Crippen molar-refractivity contribution in [2.45, 2.75) is 84.0 Å². The molecule has 3 aliphatic rings. The molecule has 23 heavy (non-hydrogen) atoms. The van der Waals surface area contributed by atoms with Crippen LogP contribution in [0.25, 0.3) is 0 Å². The molecule has 0 radical (unpaired) electrons. The Balaban J connectivity index is 2.06. The minimum atomic E-state index is -1.42. The smallest absolute Gasteiger partial charge is 0.120 e. The molecule has 0 aromatic rings. The summed E-state index contributed by atoms with van der Waals surface area (Å²) in [7, 11) is 0. The van der Waals surface area contributed by atoms with Crippen molar-refractivity contribution in [2.75, 3.05) is 0 Å². The summed E-state index contributed by atoms with van der Waals surface area (Å²) in [4.78, 5) is 0. The summed E-state index contributed by atoms with van der Waals surface area (Å²) >= 11 is 0. The fourth-order valence-electron chi connectivity index (χ4n) is 6.61. The Labute approximate surface area is 140 Å². The van der Waals surface area contributed by atoms with Crippen LogP contribution in [0, 0.1) is 28.1 Å². The van der Waals surface area contributed by atoms with Gasteiger partial charge >= 0.3 is 0 Å². The van der Waals surface area contributed by atoms with Gasteiger partial charge in [0.1, 0.15) is 5.60 Å². The van der Waals surface area contributed by atoms with Gasteiger partial charge in [-0.15, -0.1) is 6.58 Å². The fraction of sp³-hybridized carbons (Fsp3) is 0.900. The van der Waals surface area contributed by atoms with Gasteiger partial charge in [-0.2, -0.15) is 0 Å². The van der Waals surface area contributed by atoms with Crippen LogP contribution in [0.15, 0.2) is 12.7 Å². The molecule has 3 N–H and O–H groups in total. The molecule has 3 nitrogen and oxygen atoms in total. The number of hydrogen-bond donors (Lipinski definition) is 3. The first-order valence-electron chi connectivity index (χ1n) is 9.24. The number of rotatable bonds is 1. The van der Waals surface area contributed by atoms with E-state index in [1.807, 2.05) is 6.92 Å². The van der Waals surface area contributed by atoms with Crippen LogP contribution in [0.4, 0.5) is 0 Å². The van der Waals surface area contributed by atoms with E-state index in [-0.39, 0.29) is 16.7 Å². The molecule has 0 amide bonds. The maximum Gasteiger partial charge on any atom is 0.120 e. The lowest BCUT2D eigenvalue weighted by molar-refractivity contribution is -0.291. The zero-order chi connectivity index (χ0) is 17.3. The van der Waals surface area contributed by atoms with Gasteiger partial charge in [0.05, 0.1) is 12.2 Å². The van der Waals surface area contributed by atoms with Gasteiger partial charge in [0.2, 0.25) is 0 Å². The second-order valence-electron chi connectivity index (χ2n) is 9.74. The maximum absolute atomic E-state index is 11.5. The van der Waals surface area contributed by atoms with Crippen LogP contribution < -0.4 is 0 Å². The second-order valence-corrected chi connectivity index (χ2v) is 9.74. The molecular weight excluding hydrogens is 288 g/mol. The third kappa shape index (κ3) is 2.12. The van der Waals surface area contributed by atoms with Crippen molar-refractivity contribution < 1.29 is 15.3 Å². The third-order valence-electron chi connectivity index (χ3n) is 8.12. The number of hydrogen-bond acceptors (Lipinski definition) is 3.